The van der Waals surface area contributed by atoms with E-state index in [9.17, 15) is 23.7 Å². The molecule has 0 fully saturated rings. The van der Waals surface area contributed by atoms with Crippen LogP contribution < -0.4 is 10.1 Å². The number of rotatable bonds is 5. The molecule has 0 saturated carbocycles. The van der Waals surface area contributed by atoms with Gasteiger partial charge in [-0.15, -0.1) is 0 Å². The number of hydrogen-bond acceptors (Lipinski definition) is 6. The van der Waals surface area contributed by atoms with Gasteiger partial charge in [-0.05, 0) is 19.9 Å². The smallest absolute Gasteiger partial charge is 0.387 e. The van der Waals surface area contributed by atoms with Crippen molar-refractivity contribution in [2.75, 3.05) is 7.11 Å². The molecule has 1 atom stereocenters. The summed E-state index contributed by atoms with van der Waals surface area (Å²) < 4.78 is 34.6. The predicted octanol–water partition coefficient (Wildman–Crippen LogP) is 2.93. The summed E-state index contributed by atoms with van der Waals surface area (Å²) in [5.74, 6) is -2.25. The quantitative estimate of drug-likeness (QED) is 0.497. The van der Waals surface area contributed by atoms with E-state index in [-0.39, 0.29) is 28.3 Å². The Labute approximate surface area is 142 Å². The van der Waals surface area contributed by atoms with Crippen LogP contribution in [0.15, 0.2) is 46.9 Å². The first kappa shape index (κ1) is 18.4. The fourth-order valence-electron chi connectivity index (χ4n) is 2.83. The minimum atomic E-state index is -3.11. The fraction of sp³-hybridized carbons (Fsp3) is 0.312. The molecule has 9 heteroatoms. The molecule has 1 aliphatic rings. The number of methoxy groups -OCH3 is 1. The van der Waals surface area contributed by atoms with E-state index in [2.05, 4.69) is 10.1 Å². The number of nitrogens with zero attached hydrogens (tertiary/aromatic N) is 1. The van der Waals surface area contributed by atoms with E-state index in [0.29, 0.717) is 5.70 Å². The molecule has 1 heterocycles. The van der Waals surface area contributed by atoms with Crippen LogP contribution in [0.2, 0.25) is 0 Å². The molecule has 2 rings (SSSR count). The number of ether oxygens (including phenoxy) is 2. The van der Waals surface area contributed by atoms with E-state index >= 15 is 0 Å². The molecule has 0 aromatic heterocycles. The van der Waals surface area contributed by atoms with Crippen LogP contribution in [-0.4, -0.2) is 24.6 Å². The normalized spacial score (nSPS) is 17.4. The summed E-state index contributed by atoms with van der Waals surface area (Å²) in [7, 11) is 1.14. The number of carbonyl (C=O) groups is 1. The zero-order chi connectivity index (χ0) is 18.7. The van der Waals surface area contributed by atoms with Crippen LogP contribution in [0.3, 0.4) is 0 Å². The van der Waals surface area contributed by atoms with Gasteiger partial charge in [0.05, 0.1) is 23.3 Å². The first-order chi connectivity index (χ1) is 11.8. The molecule has 0 aliphatic carbocycles. The van der Waals surface area contributed by atoms with Crippen molar-refractivity contribution in [1.29, 1.82) is 0 Å². The number of hydrogen-bond donors (Lipinski definition) is 1. The van der Waals surface area contributed by atoms with Gasteiger partial charge in [0.2, 0.25) is 0 Å². The number of carbonyl (C=O) groups excluding carboxylic acids is 1. The maximum Gasteiger partial charge on any atom is 0.387 e. The van der Waals surface area contributed by atoms with Gasteiger partial charge in [-0.1, -0.05) is 18.2 Å². The third-order valence-corrected chi connectivity index (χ3v) is 3.77. The van der Waals surface area contributed by atoms with Crippen molar-refractivity contribution in [2.24, 2.45) is 0 Å². The van der Waals surface area contributed by atoms with Gasteiger partial charge in [0.1, 0.15) is 11.7 Å². The summed E-state index contributed by atoms with van der Waals surface area (Å²) in [6.45, 7) is -0.0892. The van der Waals surface area contributed by atoms with Crippen molar-refractivity contribution in [3.8, 4) is 5.75 Å². The lowest BCUT2D eigenvalue weighted by molar-refractivity contribution is -0.431. The zero-order valence-electron chi connectivity index (χ0n) is 13.7. The highest BCUT2D eigenvalue weighted by atomic mass is 19.3. The first-order valence-corrected chi connectivity index (χ1v) is 7.22. The standard InChI is InChI=1S/C16H16F2N2O5/c1-8-12(15(21)24-3)13(14(20(22)23)9(2)19-8)10-6-4-5-7-11(10)25-16(17)18/h4-7,13,16,19H,1-3H3/t13-/m0/s1. The molecule has 0 spiro atoms. The molecular formula is C16H16F2N2O5. The molecule has 0 radical (unpaired) electrons. The van der Waals surface area contributed by atoms with Gasteiger partial charge in [0, 0.05) is 11.3 Å². The number of esters is 1. The Hall–Kier alpha value is -2.97. The molecule has 1 N–H and O–H groups in total. The van der Waals surface area contributed by atoms with E-state index in [1.165, 1.54) is 31.2 Å². The number of benzene rings is 1. The van der Waals surface area contributed by atoms with Crippen molar-refractivity contribution in [2.45, 2.75) is 26.4 Å². The summed E-state index contributed by atoms with van der Waals surface area (Å²) in [4.78, 5) is 23.2. The highest BCUT2D eigenvalue weighted by Gasteiger charge is 2.42. The van der Waals surface area contributed by atoms with Crippen LogP contribution in [0.4, 0.5) is 8.78 Å². The van der Waals surface area contributed by atoms with Gasteiger partial charge in [-0.3, -0.25) is 10.1 Å². The second-order valence-corrected chi connectivity index (χ2v) is 5.27. The lowest BCUT2D eigenvalue weighted by Gasteiger charge is -2.27. The summed E-state index contributed by atoms with van der Waals surface area (Å²) in [6, 6.07) is 5.65. The van der Waals surface area contributed by atoms with Crippen molar-refractivity contribution in [3.63, 3.8) is 0 Å². The molecule has 0 amide bonds. The number of dihydropyridines is 1. The average Bonchev–Trinajstić information content (AvgIpc) is 2.53. The van der Waals surface area contributed by atoms with E-state index in [4.69, 9.17) is 4.74 Å². The molecule has 0 unspecified atom stereocenters. The fourth-order valence-corrected chi connectivity index (χ4v) is 2.83. The van der Waals surface area contributed by atoms with Gasteiger partial charge in [0.25, 0.3) is 5.70 Å². The molecular weight excluding hydrogens is 338 g/mol. The summed E-state index contributed by atoms with van der Waals surface area (Å²) in [5.41, 5.74) is 0.246. The Morgan fingerprint density at radius 3 is 2.48 bits per heavy atom. The number of nitrogens with one attached hydrogen (secondary N) is 1. The van der Waals surface area contributed by atoms with Crippen molar-refractivity contribution >= 4 is 5.97 Å². The first-order valence-electron chi connectivity index (χ1n) is 7.22. The molecule has 1 aromatic carbocycles. The van der Waals surface area contributed by atoms with Crippen LogP contribution in [0.5, 0.6) is 5.75 Å². The molecule has 25 heavy (non-hydrogen) atoms. The van der Waals surface area contributed by atoms with Crippen LogP contribution in [0.25, 0.3) is 0 Å². The molecule has 1 aromatic rings. The number of para-hydroxylation sites is 1. The van der Waals surface area contributed by atoms with E-state index in [1.54, 1.807) is 6.92 Å². The Kier molecular flexibility index (Phi) is 5.35. The van der Waals surface area contributed by atoms with Gasteiger partial charge >= 0.3 is 12.6 Å². The Morgan fingerprint density at radius 2 is 1.92 bits per heavy atom. The molecule has 0 bridgehead atoms. The number of alkyl halides is 2. The lowest BCUT2D eigenvalue weighted by Crippen LogP contribution is -2.31. The maximum atomic E-state index is 12.7. The second kappa shape index (κ2) is 7.29. The summed E-state index contributed by atoms with van der Waals surface area (Å²) in [5, 5.41) is 14.4. The largest absolute Gasteiger partial charge is 0.466 e. The summed E-state index contributed by atoms with van der Waals surface area (Å²) >= 11 is 0. The third kappa shape index (κ3) is 3.59. The number of nitro groups is 1. The van der Waals surface area contributed by atoms with Gasteiger partial charge in [-0.2, -0.15) is 8.78 Å². The van der Waals surface area contributed by atoms with Gasteiger partial charge in [0.15, 0.2) is 0 Å². The molecule has 0 saturated heterocycles. The van der Waals surface area contributed by atoms with E-state index < -0.39 is 23.4 Å². The SMILES string of the molecule is COC(=O)C1=C(C)NC(C)=C([N+](=O)[O-])[C@H]1c1ccccc1OC(F)F. The Bertz CT molecular complexity index is 774. The van der Waals surface area contributed by atoms with Crippen molar-refractivity contribution < 1.29 is 28.0 Å². The monoisotopic (exact) mass is 354 g/mol. The minimum Gasteiger partial charge on any atom is -0.466 e. The highest BCUT2D eigenvalue weighted by Crippen LogP contribution is 2.42. The van der Waals surface area contributed by atoms with Crippen LogP contribution in [-0.2, 0) is 9.53 Å². The molecule has 7 nitrogen and oxygen atoms in total. The second-order valence-electron chi connectivity index (χ2n) is 5.27. The van der Waals surface area contributed by atoms with Crippen molar-refractivity contribution in [3.05, 3.63) is 62.6 Å². The Morgan fingerprint density at radius 1 is 1.28 bits per heavy atom. The Balaban J connectivity index is 2.72. The zero-order valence-corrected chi connectivity index (χ0v) is 13.7. The summed E-state index contributed by atoms with van der Waals surface area (Å²) in [6.07, 6.45) is 0. The van der Waals surface area contributed by atoms with Crippen molar-refractivity contribution in [1.82, 2.24) is 5.32 Å². The average molecular weight is 354 g/mol. The number of allylic oxidation sites excluding steroid dienone is 3. The van der Waals surface area contributed by atoms with E-state index in [1.807, 2.05) is 0 Å². The topological polar surface area (TPSA) is 90.7 Å². The van der Waals surface area contributed by atoms with Gasteiger partial charge < -0.3 is 14.8 Å². The molecule has 1 aliphatic heterocycles. The maximum absolute atomic E-state index is 12.7. The van der Waals surface area contributed by atoms with Crippen LogP contribution >= 0.6 is 0 Å². The van der Waals surface area contributed by atoms with Gasteiger partial charge in [-0.25, -0.2) is 4.79 Å². The minimum absolute atomic E-state index is 0.0369. The lowest BCUT2D eigenvalue weighted by atomic mass is 9.83. The predicted molar refractivity (Wildman–Crippen MR) is 83.4 cm³/mol. The van der Waals surface area contributed by atoms with Crippen LogP contribution in [0.1, 0.15) is 25.3 Å². The van der Waals surface area contributed by atoms with E-state index in [0.717, 1.165) is 7.11 Å². The number of halogens is 2. The highest BCUT2D eigenvalue weighted by molar-refractivity contribution is 5.92. The van der Waals surface area contributed by atoms with Crippen LogP contribution in [0, 0.1) is 10.1 Å². The third-order valence-electron chi connectivity index (χ3n) is 3.77. The molecule has 134 valence electrons.